The van der Waals surface area contributed by atoms with Crippen molar-refractivity contribution in [3.05, 3.63) is 89.7 Å². The molecule has 0 aromatic heterocycles. The number of aromatic carboxylic acids is 1. The Morgan fingerprint density at radius 1 is 0.933 bits per heavy atom. The summed E-state index contributed by atoms with van der Waals surface area (Å²) in [5, 5.41) is 9.18. The van der Waals surface area contributed by atoms with Gasteiger partial charge in [0.1, 0.15) is 5.82 Å². The van der Waals surface area contributed by atoms with Gasteiger partial charge in [0.05, 0.1) is 12.1 Å². The number of unbranched alkanes of at least 4 members (excludes halogenated alkanes) is 1. The Hall–Kier alpha value is -3.47. The maximum absolute atomic E-state index is 13.7. The summed E-state index contributed by atoms with van der Waals surface area (Å²) in [5.74, 6) is -1.39. The third-order valence-corrected chi connectivity index (χ3v) is 4.90. The van der Waals surface area contributed by atoms with Gasteiger partial charge in [-0.3, -0.25) is 4.79 Å². The Kier molecular flexibility index (Phi) is 6.96. The van der Waals surface area contributed by atoms with Crippen molar-refractivity contribution in [2.24, 2.45) is 0 Å². The molecule has 1 N–H and O–H groups in total. The number of carbonyl (C=O) groups is 2. The maximum atomic E-state index is 13.7. The molecular weight excluding hydrogens is 381 g/mol. The van der Waals surface area contributed by atoms with Crippen molar-refractivity contribution in [1.29, 1.82) is 0 Å². The Morgan fingerprint density at radius 2 is 1.67 bits per heavy atom. The third kappa shape index (κ3) is 5.32. The number of rotatable bonds is 8. The molecule has 30 heavy (non-hydrogen) atoms. The van der Waals surface area contributed by atoms with Crippen LogP contribution in [0.25, 0.3) is 11.1 Å². The van der Waals surface area contributed by atoms with Crippen molar-refractivity contribution in [1.82, 2.24) is 0 Å². The van der Waals surface area contributed by atoms with E-state index in [4.69, 9.17) is 0 Å². The number of halogens is 1. The van der Waals surface area contributed by atoms with Gasteiger partial charge in [-0.25, -0.2) is 9.18 Å². The molecular formula is C25H24FNO3. The maximum Gasteiger partial charge on any atom is 0.335 e. The van der Waals surface area contributed by atoms with Crippen molar-refractivity contribution in [3.8, 4) is 11.1 Å². The number of carboxylic acid groups (broad SMARTS) is 1. The first-order chi connectivity index (χ1) is 14.5. The summed E-state index contributed by atoms with van der Waals surface area (Å²) >= 11 is 0. The number of anilines is 1. The first kappa shape index (κ1) is 21.2. The molecule has 0 bridgehead atoms. The van der Waals surface area contributed by atoms with E-state index in [9.17, 15) is 19.1 Å². The molecule has 3 aromatic carbocycles. The van der Waals surface area contributed by atoms with Crippen LogP contribution in [0, 0.1) is 5.82 Å². The zero-order valence-electron chi connectivity index (χ0n) is 16.8. The van der Waals surface area contributed by atoms with Gasteiger partial charge in [0.2, 0.25) is 5.91 Å². The van der Waals surface area contributed by atoms with Crippen molar-refractivity contribution in [3.63, 3.8) is 0 Å². The molecule has 0 heterocycles. The summed E-state index contributed by atoms with van der Waals surface area (Å²) in [4.78, 5) is 25.6. The van der Waals surface area contributed by atoms with Gasteiger partial charge in [-0.05, 0) is 53.4 Å². The zero-order chi connectivity index (χ0) is 21.5. The van der Waals surface area contributed by atoms with Gasteiger partial charge < -0.3 is 10.0 Å². The summed E-state index contributed by atoms with van der Waals surface area (Å²) in [6.07, 6.45) is 2.10. The summed E-state index contributed by atoms with van der Waals surface area (Å²) in [6.45, 7) is 2.36. The number of carbonyl (C=O) groups excluding carboxylic acids is 1. The molecule has 5 heteroatoms. The van der Waals surface area contributed by atoms with Gasteiger partial charge in [0.15, 0.2) is 0 Å². The molecule has 0 unspecified atom stereocenters. The van der Waals surface area contributed by atoms with Crippen LogP contribution in [0.2, 0.25) is 0 Å². The van der Waals surface area contributed by atoms with Crippen LogP contribution in [0.3, 0.4) is 0 Å². The van der Waals surface area contributed by atoms with E-state index in [2.05, 4.69) is 0 Å². The molecule has 0 spiro atoms. The Labute approximate surface area is 175 Å². The Morgan fingerprint density at radius 3 is 2.33 bits per heavy atom. The summed E-state index contributed by atoms with van der Waals surface area (Å²) in [5.41, 5.74) is 3.37. The van der Waals surface area contributed by atoms with Gasteiger partial charge in [0.25, 0.3) is 0 Å². The lowest BCUT2D eigenvalue weighted by molar-refractivity contribution is -0.118. The Balaban J connectivity index is 1.83. The van der Waals surface area contributed by atoms with Crippen LogP contribution in [0.15, 0.2) is 72.8 Å². The second kappa shape index (κ2) is 9.83. The first-order valence-electron chi connectivity index (χ1n) is 9.96. The highest BCUT2D eigenvalue weighted by Gasteiger charge is 2.16. The number of hydrogen-bond acceptors (Lipinski definition) is 2. The highest BCUT2D eigenvalue weighted by molar-refractivity contribution is 5.93. The van der Waals surface area contributed by atoms with E-state index in [1.165, 1.54) is 12.1 Å². The lowest BCUT2D eigenvalue weighted by Gasteiger charge is -2.23. The fourth-order valence-electron chi connectivity index (χ4n) is 3.25. The van der Waals surface area contributed by atoms with Crippen LogP contribution in [0.4, 0.5) is 10.1 Å². The van der Waals surface area contributed by atoms with Gasteiger partial charge >= 0.3 is 5.97 Å². The predicted molar refractivity (Wildman–Crippen MR) is 116 cm³/mol. The minimum absolute atomic E-state index is 0.0410. The van der Waals surface area contributed by atoms with Crippen LogP contribution < -0.4 is 4.90 Å². The summed E-state index contributed by atoms with van der Waals surface area (Å²) < 4.78 is 13.7. The van der Waals surface area contributed by atoms with Crippen LogP contribution in [-0.2, 0) is 11.3 Å². The lowest BCUT2D eigenvalue weighted by atomic mass is 10.0. The van der Waals surface area contributed by atoms with E-state index in [0.717, 1.165) is 29.5 Å². The zero-order valence-corrected chi connectivity index (χ0v) is 16.8. The minimum Gasteiger partial charge on any atom is -0.478 e. The van der Waals surface area contributed by atoms with Crippen molar-refractivity contribution >= 4 is 17.6 Å². The van der Waals surface area contributed by atoms with Crippen LogP contribution in [0.1, 0.15) is 42.1 Å². The van der Waals surface area contributed by atoms with Crippen molar-refractivity contribution in [2.45, 2.75) is 32.7 Å². The van der Waals surface area contributed by atoms with Crippen molar-refractivity contribution < 1.29 is 19.1 Å². The van der Waals surface area contributed by atoms with Gasteiger partial charge in [-0.1, -0.05) is 55.8 Å². The Bertz CT molecular complexity index is 1030. The van der Waals surface area contributed by atoms with Crippen LogP contribution in [0.5, 0.6) is 0 Å². The molecule has 3 aromatic rings. The standard InChI is InChI=1S/C25H24FNO3/c1-2-3-10-24(28)27(23-9-5-8-22(26)16-23)17-18-11-13-19(14-12-18)20-6-4-7-21(15-20)25(29)30/h4-9,11-16H,2-3,10,17H2,1H3,(H,29,30). The van der Waals surface area contributed by atoms with Crippen LogP contribution in [-0.4, -0.2) is 17.0 Å². The third-order valence-electron chi connectivity index (χ3n) is 4.90. The molecule has 154 valence electrons. The van der Waals surface area contributed by atoms with Crippen LogP contribution >= 0.6 is 0 Å². The smallest absolute Gasteiger partial charge is 0.335 e. The molecule has 0 aliphatic rings. The largest absolute Gasteiger partial charge is 0.478 e. The van der Waals surface area contributed by atoms with E-state index in [1.807, 2.05) is 37.3 Å². The second-order valence-corrected chi connectivity index (χ2v) is 7.15. The normalized spacial score (nSPS) is 10.6. The number of hydrogen-bond donors (Lipinski definition) is 1. The highest BCUT2D eigenvalue weighted by Crippen LogP contribution is 2.24. The molecule has 3 rings (SSSR count). The van der Waals surface area contributed by atoms with E-state index >= 15 is 0 Å². The molecule has 0 radical (unpaired) electrons. The molecule has 0 fully saturated rings. The molecule has 0 aliphatic carbocycles. The fraction of sp³-hybridized carbons (Fsp3) is 0.200. The predicted octanol–water partition coefficient (Wildman–Crippen LogP) is 5.91. The average molecular weight is 405 g/mol. The monoisotopic (exact) mass is 405 g/mol. The number of amides is 1. The molecule has 1 amide bonds. The highest BCUT2D eigenvalue weighted by atomic mass is 19.1. The number of benzene rings is 3. The van der Waals surface area contributed by atoms with Gasteiger partial charge in [-0.15, -0.1) is 0 Å². The molecule has 0 saturated heterocycles. The molecule has 0 atom stereocenters. The lowest BCUT2D eigenvalue weighted by Crippen LogP contribution is -2.30. The summed E-state index contributed by atoms with van der Waals surface area (Å²) in [7, 11) is 0. The van der Waals surface area contributed by atoms with E-state index < -0.39 is 5.97 Å². The molecule has 0 aliphatic heterocycles. The second-order valence-electron chi connectivity index (χ2n) is 7.15. The number of nitrogens with zero attached hydrogens (tertiary/aromatic N) is 1. The van der Waals surface area contributed by atoms with Crippen molar-refractivity contribution in [2.75, 3.05) is 4.90 Å². The number of carboxylic acids is 1. The topological polar surface area (TPSA) is 57.6 Å². The SMILES string of the molecule is CCCCC(=O)N(Cc1ccc(-c2cccc(C(=O)O)c2)cc1)c1cccc(F)c1. The minimum atomic E-state index is -0.968. The first-order valence-corrected chi connectivity index (χ1v) is 9.96. The van der Waals surface area contributed by atoms with E-state index in [0.29, 0.717) is 18.7 Å². The quantitative estimate of drug-likeness (QED) is 0.506. The molecule has 0 saturated carbocycles. The fourth-order valence-corrected chi connectivity index (χ4v) is 3.25. The van der Waals surface area contributed by atoms with Gasteiger partial charge in [0, 0.05) is 12.1 Å². The van der Waals surface area contributed by atoms with E-state index in [1.54, 1.807) is 35.2 Å². The average Bonchev–Trinajstić information content (AvgIpc) is 2.76. The van der Waals surface area contributed by atoms with Gasteiger partial charge in [-0.2, -0.15) is 0 Å². The molecule has 4 nitrogen and oxygen atoms in total. The summed E-state index contributed by atoms with van der Waals surface area (Å²) in [6, 6.07) is 20.4. The van der Waals surface area contributed by atoms with E-state index in [-0.39, 0.29) is 17.3 Å².